The van der Waals surface area contributed by atoms with E-state index in [9.17, 15) is 8.78 Å². The zero-order valence-electron chi connectivity index (χ0n) is 20.1. The molecule has 176 valence electrons. The minimum atomic E-state index is -3.41. The van der Waals surface area contributed by atoms with Gasteiger partial charge in [-0.25, -0.2) is 17.6 Å². The fourth-order valence-electron chi connectivity index (χ4n) is 4.70. The minimum absolute atomic E-state index is 0.213. The summed E-state index contributed by atoms with van der Waals surface area (Å²) in [5, 5.41) is 0. The van der Waals surface area contributed by atoms with Crippen molar-refractivity contribution in [2.24, 2.45) is 16.7 Å². The lowest BCUT2D eigenvalue weighted by Gasteiger charge is -2.50. The van der Waals surface area contributed by atoms with E-state index >= 15 is 8.78 Å². The van der Waals surface area contributed by atoms with Crippen LogP contribution in [0.5, 0.6) is 0 Å². The Balaban J connectivity index is 5.52. The van der Waals surface area contributed by atoms with E-state index in [0.29, 0.717) is 0 Å². The molecular formula is C25H48F4. The Morgan fingerprint density at radius 3 is 1.28 bits per heavy atom. The van der Waals surface area contributed by atoms with E-state index in [1.807, 2.05) is 0 Å². The lowest BCUT2D eigenvalue weighted by molar-refractivity contribution is -0.257. The van der Waals surface area contributed by atoms with Crippen LogP contribution in [0.4, 0.5) is 17.6 Å². The Bertz CT molecular complexity index is 396. The summed E-state index contributed by atoms with van der Waals surface area (Å²) in [4.78, 5) is 0. The van der Waals surface area contributed by atoms with E-state index in [2.05, 4.69) is 13.8 Å². The molecule has 0 radical (unpaired) electrons. The summed E-state index contributed by atoms with van der Waals surface area (Å²) in [6.45, 7) is 10.2. The molecule has 2 unspecified atom stereocenters. The van der Waals surface area contributed by atoms with Gasteiger partial charge in [-0.1, -0.05) is 98.8 Å². The van der Waals surface area contributed by atoms with Crippen molar-refractivity contribution in [2.45, 2.75) is 144 Å². The summed E-state index contributed by atoms with van der Waals surface area (Å²) in [7, 11) is 0. The largest absolute Gasteiger partial charge is 0.264 e. The number of halogens is 4. The van der Waals surface area contributed by atoms with Crippen molar-refractivity contribution < 1.29 is 17.6 Å². The van der Waals surface area contributed by atoms with Crippen LogP contribution < -0.4 is 0 Å². The van der Waals surface area contributed by atoms with E-state index in [0.717, 1.165) is 71.1 Å². The summed E-state index contributed by atoms with van der Waals surface area (Å²) in [5.41, 5.74) is -3.68. The third-order valence-electron chi connectivity index (χ3n) is 7.60. The average Bonchev–Trinajstić information content (AvgIpc) is 2.70. The zero-order chi connectivity index (χ0) is 22.6. The molecule has 0 aromatic carbocycles. The number of hydrogen-bond acceptors (Lipinski definition) is 0. The Morgan fingerprint density at radius 1 is 0.586 bits per heavy atom. The summed E-state index contributed by atoms with van der Waals surface area (Å²) < 4.78 is 59.2. The third kappa shape index (κ3) is 7.42. The predicted octanol–water partition coefficient (Wildman–Crippen LogP) is 10.1. The van der Waals surface area contributed by atoms with E-state index in [1.54, 1.807) is 13.8 Å². The van der Waals surface area contributed by atoms with Gasteiger partial charge in [-0.15, -0.1) is 0 Å². The Labute approximate surface area is 178 Å². The first-order valence-electron chi connectivity index (χ1n) is 12.2. The molecule has 0 rings (SSSR count). The molecule has 2 atom stereocenters. The Hall–Kier alpha value is -0.280. The van der Waals surface area contributed by atoms with Crippen molar-refractivity contribution in [3.8, 4) is 0 Å². The zero-order valence-corrected chi connectivity index (χ0v) is 20.1. The number of alkyl halides is 4. The van der Waals surface area contributed by atoms with Gasteiger partial charge >= 0.3 is 0 Å². The molecule has 0 amide bonds. The Kier molecular flexibility index (Phi) is 13.8. The summed E-state index contributed by atoms with van der Waals surface area (Å²) in [6, 6.07) is 0. The molecule has 0 spiro atoms. The maximum Gasteiger partial charge on any atom is 0.264 e. The monoisotopic (exact) mass is 424 g/mol. The third-order valence-corrected chi connectivity index (χ3v) is 7.60. The summed E-state index contributed by atoms with van der Waals surface area (Å²) in [6.07, 6.45) is 9.26. The van der Waals surface area contributed by atoms with Crippen LogP contribution in [0.25, 0.3) is 0 Å². The second kappa shape index (κ2) is 13.9. The van der Waals surface area contributed by atoms with E-state index in [1.165, 1.54) is 19.8 Å². The highest BCUT2D eigenvalue weighted by molar-refractivity contribution is 5.03. The van der Waals surface area contributed by atoms with Crippen molar-refractivity contribution in [3.05, 3.63) is 0 Å². The number of unbranched alkanes of at least 4 members (excludes halogenated alkanes) is 8. The molecule has 0 fully saturated rings. The highest BCUT2D eigenvalue weighted by atomic mass is 19.3. The van der Waals surface area contributed by atoms with Crippen molar-refractivity contribution in [1.29, 1.82) is 0 Å². The van der Waals surface area contributed by atoms with Crippen molar-refractivity contribution in [2.75, 3.05) is 0 Å². The lowest BCUT2D eigenvalue weighted by atomic mass is 9.59. The molecular weight excluding hydrogens is 376 g/mol. The molecule has 0 aliphatic heterocycles. The molecule has 0 aromatic rings. The van der Waals surface area contributed by atoms with Gasteiger partial charge < -0.3 is 0 Å². The maximum absolute atomic E-state index is 15.8. The van der Waals surface area contributed by atoms with Gasteiger partial charge in [0.2, 0.25) is 6.43 Å². The van der Waals surface area contributed by atoms with Crippen molar-refractivity contribution in [1.82, 2.24) is 0 Å². The first-order chi connectivity index (χ1) is 13.6. The minimum Gasteiger partial charge on any atom is -0.210 e. The maximum atomic E-state index is 15.8. The number of rotatable bonds is 18. The summed E-state index contributed by atoms with van der Waals surface area (Å²) >= 11 is 0. The molecule has 4 heteroatoms. The van der Waals surface area contributed by atoms with Gasteiger partial charge in [0.25, 0.3) is 5.92 Å². The van der Waals surface area contributed by atoms with Crippen LogP contribution in [-0.2, 0) is 0 Å². The fraction of sp³-hybridized carbons (Fsp3) is 1.00. The summed E-state index contributed by atoms with van der Waals surface area (Å²) in [5.74, 6) is -3.62. The highest BCUT2D eigenvalue weighted by Gasteiger charge is 2.65. The molecule has 0 N–H and O–H groups in total. The van der Waals surface area contributed by atoms with Gasteiger partial charge in [0.05, 0.1) is 5.41 Å². The Morgan fingerprint density at radius 2 is 0.966 bits per heavy atom. The molecule has 0 bridgehead atoms. The molecule has 0 aliphatic rings. The molecule has 0 heterocycles. The molecule has 0 saturated heterocycles. The predicted molar refractivity (Wildman–Crippen MR) is 118 cm³/mol. The van der Waals surface area contributed by atoms with Gasteiger partial charge in [-0.3, -0.25) is 0 Å². The van der Waals surface area contributed by atoms with Gasteiger partial charge in [0.15, 0.2) is 0 Å². The molecule has 0 aliphatic carbocycles. The lowest BCUT2D eigenvalue weighted by Crippen LogP contribution is -2.57. The van der Waals surface area contributed by atoms with E-state index < -0.39 is 23.2 Å². The van der Waals surface area contributed by atoms with Crippen LogP contribution in [0.2, 0.25) is 0 Å². The van der Waals surface area contributed by atoms with Gasteiger partial charge in [0, 0.05) is 5.41 Å². The average molecular weight is 425 g/mol. The molecule has 0 nitrogen and oxygen atoms in total. The highest BCUT2D eigenvalue weighted by Crippen LogP contribution is 2.59. The van der Waals surface area contributed by atoms with Crippen molar-refractivity contribution >= 4 is 0 Å². The van der Waals surface area contributed by atoms with Crippen molar-refractivity contribution in [3.63, 3.8) is 0 Å². The van der Waals surface area contributed by atoms with E-state index in [4.69, 9.17) is 0 Å². The van der Waals surface area contributed by atoms with Crippen LogP contribution in [0.15, 0.2) is 0 Å². The van der Waals surface area contributed by atoms with Gasteiger partial charge in [-0.05, 0) is 38.5 Å². The molecule has 0 aromatic heterocycles. The smallest absolute Gasteiger partial charge is 0.210 e. The van der Waals surface area contributed by atoms with E-state index in [-0.39, 0.29) is 18.8 Å². The van der Waals surface area contributed by atoms with Gasteiger partial charge in [-0.2, -0.15) is 0 Å². The topological polar surface area (TPSA) is 0 Å². The second-order valence-electron chi connectivity index (χ2n) is 9.52. The van der Waals surface area contributed by atoms with Crippen LogP contribution >= 0.6 is 0 Å². The first-order valence-corrected chi connectivity index (χ1v) is 12.2. The SMILES string of the molecule is CCCCCCCC(CCCCCCC)C(C)(CC)C(F)(F)C(C)(CC)C(F)F. The normalized spacial score (nSPS) is 17.0. The first kappa shape index (κ1) is 28.7. The second-order valence-corrected chi connectivity index (χ2v) is 9.52. The number of hydrogen-bond donors (Lipinski definition) is 0. The molecule has 0 saturated carbocycles. The fourth-order valence-corrected chi connectivity index (χ4v) is 4.70. The van der Waals surface area contributed by atoms with Crippen LogP contribution in [0, 0.1) is 16.7 Å². The van der Waals surface area contributed by atoms with Crippen LogP contribution in [-0.4, -0.2) is 12.3 Å². The van der Waals surface area contributed by atoms with Crippen LogP contribution in [0.1, 0.15) is 131 Å². The standard InChI is InChI=1S/C25H48F4/c1-7-11-13-15-17-19-21(20-18-16-14-12-8-2)23(5,9-3)25(28,29)24(6,10-4)22(26)27/h21-22H,7-20H2,1-6H3. The van der Waals surface area contributed by atoms with Crippen LogP contribution in [0.3, 0.4) is 0 Å². The molecule has 29 heavy (non-hydrogen) atoms. The quantitative estimate of drug-likeness (QED) is 0.152. The van der Waals surface area contributed by atoms with Gasteiger partial charge in [0.1, 0.15) is 0 Å².